The van der Waals surface area contributed by atoms with Gasteiger partial charge in [0, 0.05) is 13.0 Å². The number of aryl methyl sites for hydroxylation is 4. The topological polar surface area (TPSA) is 105 Å². The number of aliphatic hydroxyl groups excluding tert-OH is 1. The van der Waals surface area contributed by atoms with Gasteiger partial charge in [-0.1, -0.05) is 68.4 Å². The van der Waals surface area contributed by atoms with E-state index in [2.05, 4.69) is 5.32 Å². The standard InChI is InChI=1S/C39H42N2O6/c1-25(2)23-41(24-36(42)38(44)47-33-19-17-27-10-6-13-30(27)21-33)39(45)40-35(22-31-14-7-11-28-8-3-4-15-34(28)31)37(43)46-32-18-16-26-9-5-12-29(26)20-32/h3-4,7-8,11,14-21,25,35-36,42H,5-6,9-10,12-13,22-24H2,1-2H3,(H,40,45)/t35-,36?/m0/s1. The Hall–Kier alpha value is -4.69. The molecule has 6 rings (SSSR count). The molecule has 0 spiro atoms. The van der Waals surface area contributed by atoms with Gasteiger partial charge >= 0.3 is 18.0 Å². The summed E-state index contributed by atoms with van der Waals surface area (Å²) in [6.45, 7) is 3.82. The summed E-state index contributed by atoms with van der Waals surface area (Å²) in [4.78, 5) is 41.9. The minimum absolute atomic E-state index is 0.0237. The Balaban J connectivity index is 1.19. The fourth-order valence-electron chi connectivity index (χ4n) is 6.68. The molecule has 47 heavy (non-hydrogen) atoms. The number of amides is 2. The number of carbonyl (C=O) groups is 3. The molecule has 0 radical (unpaired) electrons. The quantitative estimate of drug-likeness (QED) is 0.156. The Bertz CT molecular complexity index is 1780. The predicted molar refractivity (Wildman–Crippen MR) is 181 cm³/mol. The number of nitrogens with one attached hydrogen (secondary N) is 1. The van der Waals surface area contributed by atoms with Crippen LogP contribution in [0.4, 0.5) is 4.79 Å². The lowest BCUT2D eigenvalue weighted by Crippen LogP contribution is -2.53. The van der Waals surface area contributed by atoms with Crippen LogP contribution in [0.25, 0.3) is 10.8 Å². The zero-order valence-electron chi connectivity index (χ0n) is 27.0. The lowest BCUT2D eigenvalue weighted by atomic mass is 9.98. The van der Waals surface area contributed by atoms with Gasteiger partial charge in [0.15, 0.2) is 6.10 Å². The summed E-state index contributed by atoms with van der Waals surface area (Å²) in [7, 11) is 0. The molecule has 0 heterocycles. The first-order chi connectivity index (χ1) is 22.7. The molecule has 244 valence electrons. The first-order valence-corrected chi connectivity index (χ1v) is 16.6. The normalized spacial score (nSPS) is 14.7. The molecule has 0 aromatic heterocycles. The molecule has 0 fully saturated rings. The summed E-state index contributed by atoms with van der Waals surface area (Å²) in [6, 6.07) is 23.4. The molecule has 2 aliphatic carbocycles. The molecule has 1 unspecified atom stereocenters. The second-order valence-corrected chi connectivity index (χ2v) is 13.1. The van der Waals surface area contributed by atoms with Crippen LogP contribution in [0.2, 0.25) is 0 Å². The summed E-state index contributed by atoms with van der Waals surface area (Å²) in [5.41, 5.74) is 5.72. The van der Waals surface area contributed by atoms with Crippen molar-refractivity contribution in [2.45, 2.75) is 70.9 Å². The number of hydrogen-bond acceptors (Lipinski definition) is 6. The van der Waals surface area contributed by atoms with Crippen molar-refractivity contribution in [1.29, 1.82) is 0 Å². The monoisotopic (exact) mass is 634 g/mol. The highest BCUT2D eigenvalue weighted by molar-refractivity contribution is 5.89. The van der Waals surface area contributed by atoms with Crippen molar-refractivity contribution in [1.82, 2.24) is 10.2 Å². The lowest BCUT2D eigenvalue weighted by molar-refractivity contribution is -0.144. The van der Waals surface area contributed by atoms with Crippen molar-refractivity contribution in [2.75, 3.05) is 13.1 Å². The molecule has 2 amide bonds. The number of ether oxygens (including phenoxy) is 2. The third kappa shape index (κ3) is 7.83. The molecule has 0 bridgehead atoms. The van der Waals surface area contributed by atoms with Gasteiger partial charge in [0.1, 0.15) is 17.5 Å². The number of urea groups is 1. The third-order valence-corrected chi connectivity index (χ3v) is 9.00. The van der Waals surface area contributed by atoms with E-state index in [1.165, 1.54) is 21.6 Å². The number of benzene rings is 4. The number of aliphatic hydroxyl groups is 1. The van der Waals surface area contributed by atoms with Crippen LogP contribution in [0.3, 0.4) is 0 Å². The van der Waals surface area contributed by atoms with Gasteiger partial charge in [-0.2, -0.15) is 0 Å². The fraction of sp³-hybridized carbons (Fsp3) is 0.359. The van der Waals surface area contributed by atoms with Crippen LogP contribution in [0.1, 0.15) is 54.5 Å². The van der Waals surface area contributed by atoms with Gasteiger partial charge in [-0.3, -0.25) is 0 Å². The fourth-order valence-corrected chi connectivity index (χ4v) is 6.68. The van der Waals surface area contributed by atoms with Crippen LogP contribution in [-0.2, 0) is 41.7 Å². The van der Waals surface area contributed by atoms with E-state index >= 15 is 0 Å². The van der Waals surface area contributed by atoms with Crippen molar-refractivity contribution in [3.05, 3.63) is 107 Å². The average molecular weight is 635 g/mol. The van der Waals surface area contributed by atoms with E-state index in [1.807, 2.05) is 80.6 Å². The Labute approximate surface area is 275 Å². The van der Waals surface area contributed by atoms with Crippen LogP contribution >= 0.6 is 0 Å². The Morgan fingerprint density at radius 3 is 2.00 bits per heavy atom. The first-order valence-electron chi connectivity index (χ1n) is 16.6. The summed E-state index contributed by atoms with van der Waals surface area (Å²) >= 11 is 0. The number of carbonyl (C=O) groups excluding carboxylic acids is 3. The van der Waals surface area contributed by atoms with Crippen LogP contribution < -0.4 is 14.8 Å². The number of fused-ring (bicyclic) bond motifs is 3. The van der Waals surface area contributed by atoms with Gasteiger partial charge in [0.05, 0.1) is 6.54 Å². The molecule has 2 N–H and O–H groups in total. The molecule has 8 nitrogen and oxygen atoms in total. The van der Waals surface area contributed by atoms with E-state index in [9.17, 15) is 19.5 Å². The van der Waals surface area contributed by atoms with Crippen molar-refractivity contribution >= 4 is 28.7 Å². The highest BCUT2D eigenvalue weighted by atomic mass is 16.6. The van der Waals surface area contributed by atoms with Gasteiger partial charge in [-0.05, 0) is 107 Å². The Kier molecular flexibility index (Phi) is 9.87. The largest absolute Gasteiger partial charge is 0.425 e. The second-order valence-electron chi connectivity index (χ2n) is 13.1. The molecule has 2 aliphatic rings. The van der Waals surface area contributed by atoms with E-state index < -0.39 is 30.1 Å². The highest BCUT2D eigenvalue weighted by Crippen LogP contribution is 2.28. The van der Waals surface area contributed by atoms with Crippen molar-refractivity contribution in [3.8, 4) is 11.5 Å². The number of rotatable bonds is 11. The molecule has 2 atom stereocenters. The molecule has 4 aromatic carbocycles. The zero-order chi connectivity index (χ0) is 32.9. The lowest BCUT2D eigenvalue weighted by Gasteiger charge is -2.28. The summed E-state index contributed by atoms with van der Waals surface area (Å²) in [6.07, 6.45) is 4.65. The number of nitrogens with zero attached hydrogens (tertiary/aromatic N) is 1. The van der Waals surface area contributed by atoms with Crippen LogP contribution in [0.5, 0.6) is 11.5 Å². The summed E-state index contributed by atoms with van der Waals surface area (Å²) in [5, 5.41) is 15.8. The Morgan fingerprint density at radius 2 is 1.34 bits per heavy atom. The van der Waals surface area contributed by atoms with E-state index in [1.54, 1.807) is 12.1 Å². The van der Waals surface area contributed by atoms with Gasteiger partial charge in [-0.25, -0.2) is 14.4 Å². The van der Waals surface area contributed by atoms with E-state index in [0.29, 0.717) is 11.5 Å². The maximum Gasteiger partial charge on any atom is 0.342 e. The predicted octanol–water partition coefficient (Wildman–Crippen LogP) is 5.97. The molecule has 8 heteroatoms. The highest BCUT2D eigenvalue weighted by Gasteiger charge is 2.30. The van der Waals surface area contributed by atoms with Crippen molar-refractivity contribution in [3.63, 3.8) is 0 Å². The molecule has 4 aromatic rings. The average Bonchev–Trinajstić information content (AvgIpc) is 3.73. The van der Waals surface area contributed by atoms with Gasteiger partial charge < -0.3 is 24.8 Å². The van der Waals surface area contributed by atoms with Crippen LogP contribution in [0.15, 0.2) is 78.9 Å². The second kappa shape index (κ2) is 14.4. The number of hydrogen-bond donors (Lipinski definition) is 2. The maximum absolute atomic E-state index is 13.8. The minimum atomic E-state index is -1.58. The van der Waals surface area contributed by atoms with E-state index in [0.717, 1.165) is 60.4 Å². The molecular weight excluding hydrogens is 592 g/mol. The van der Waals surface area contributed by atoms with Crippen LogP contribution in [0, 0.1) is 5.92 Å². The van der Waals surface area contributed by atoms with Crippen molar-refractivity contribution < 1.29 is 29.0 Å². The smallest absolute Gasteiger partial charge is 0.342 e. The van der Waals surface area contributed by atoms with E-state index in [4.69, 9.17) is 9.47 Å². The van der Waals surface area contributed by atoms with Gasteiger partial charge in [0.2, 0.25) is 0 Å². The van der Waals surface area contributed by atoms with Gasteiger partial charge in [-0.15, -0.1) is 0 Å². The summed E-state index contributed by atoms with van der Waals surface area (Å²) < 4.78 is 11.4. The summed E-state index contributed by atoms with van der Waals surface area (Å²) in [5.74, 6) is -0.593. The van der Waals surface area contributed by atoms with Crippen LogP contribution in [-0.4, -0.2) is 53.2 Å². The zero-order valence-corrected chi connectivity index (χ0v) is 27.0. The SMILES string of the molecule is CC(C)CN(CC(O)C(=O)Oc1ccc2c(c1)CCC2)C(=O)N[C@@H](Cc1cccc2ccccc12)C(=O)Oc1ccc2c(c1)CCC2. The molecule has 0 saturated heterocycles. The third-order valence-electron chi connectivity index (χ3n) is 9.00. The molecule has 0 aliphatic heterocycles. The van der Waals surface area contributed by atoms with Gasteiger partial charge in [0.25, 0.3) is 0 Å². The minimum Gasteiger partial charge on any atom is -0.425 e. The maximum atomic E-state index is 13.8. The van der Waals surface area contributed by atoms with Crippen molar-refractivity contribution in [2.24, 2.45) is 5.92 Å². The number of esters is 2. The molecular formula is C39H42N2O6. The van der Waals surface area contributed by atoms with E-state index in [-0.39, 0.29) is 25.4 Å². The Morgan fingerprint density at radius 1 is 0.745 bits per heavy atom. The molecule has 0 saturated carbocycles. The first kappa shape index (κ1) is 32.3.